The Bertz CT molecular complexity index is 578. The van der Waals surface area contributed by atoms with E-state index in [9.17, 15) is 4.79 Å². The van der Waals surface area contributed by atoms with E-state index in [0.29, 0.717) is 12.8 Å². The predicted molar refractivity (Wildman–Crippen MR) is 76.7 cm³/mol. The van der Waals surface area contributed by atoms with E-state index in [1.807, 2.05) is 13.1 Å². The van der Waals surface area contributed by atoms with Gasteiger partial charge < -0.3 is 0 Å². The van der Waals surface area contributed by atoms with Crippen LogP contribution in [0.4, 0.5) is 0 Å². The van der Waals surface area contributed by atoms with Crippen molar-refractivity contribution >= 4 is 17.1 Å². The minimum atomic E-state index is 0.103. The van der Waals surface area contributed by atoms with Crippen molar-refractivity contribution in [2.24, 2.45) is 7.05 Å². The normalized spacial score (nSPS) is 11.8. The molecule has 0 saturated heterocycles. The number of ketones is 1. The van der Waals surface area contributed by atoms with Crippen molar-refractivity contribution < 1.29 is 4.79 Å². The first-order valence-electron chi connectivity index (χ1n) is 6.34. The molecule has 0 fully saturated rings. The lowest BCUT2D eigenvalue weighted by Gasteiger charge is -2.15. The van der Waals surface area contributed by atoms with Crippen LogP contribution in [0.3, 0.4) is 0 Å². The molecule has 2 rings (SSSR count). The van der Waals surface area contributed by atoms with E-state index in [2.05, 4.69) is 36.9 Å². The molecule has 0 spiro atoms. The van der Waals surface area contributed by atoms with Crippen molar-refractivity contribution in [2.45, 2.75) is 39.0 Å². The molecule has 5 heteroatoms. The van der Waals surface area contributed by atoms with Gasteiger partial charge >= 0.3 is 0 Å². The molecule has 0 bridgehead atoms. The lowest BCUT2D eigenvalue weighted by Crippen LogP contribution is -2.08. The predicted octanol–water partition coefficient (Wildman–Crippen LogP) is 2.99. The summed E-state index contributed by atoms with van der Waals surface area (Å²) < 4.78 is 1.66. The summed E-state index contributed by atoms with van der Waals surface area (Å²) in [6.07, 6.45) is 2.72. The van der Waals surface area contributed by atoms with Gasteiger partial charge in [0.1, 0.15) is 6.33 Å². The average molecular weight is 277 g/mol. The fraction of sp³-hybridized carbons (Fsp3) is 0.500. The summed E-state index contributed by atoms with van der Waals surface area (Å²) >= 11 is 1.59. The number of nitrogens with zero attached hydrogens (tertiary/aromatic N) is 3. The Morgan fingerprint density at radius 1 is 1.37 bits per heavy atom. The number of thiophene rings is 1. The smallest absolute Gasteiger partial charge is 0.173 e. The van der Waals surface area contributed by atoms with Crippen LogP contribution in [-0.4, -0.2) is 20.5 Å². The molecule has 0 atom stereocenters. The van der Waals surface area contributed by atoms with Crippen molar-refractivity contribution in [1.29, 1.82) is 0 Å². The highest BCUT2D eigenvalue weighted by Gasteiger charge is 2.18. The summed E-state index contributed by atoms with van der Waals surface area (Å²) in [7, 11) is 1.83. The van der Waals surface area contributed by atoms with Crippen molar-refractivity contribution in [3.05, 3.63) is 34.0 Å². The quantitative estimate of drug-likeness (QED) is 0.807. The summed E-state index contributed by atoms with van der Waals surface area (Å²) in [4.78, 5) is 18.3. The Morgan fingerprint density at radius 2 is 2.11 bits per heavy atom. The second kappa shape index (κ2) is 5.25. The van der Waals surface area contributed by atoms with Gasteiger partial charge in [-0.15, -0.1) is 11.3 Å². The van der Waals surface area contributed by atoms with E-state index in [1.165, 1.54) is 4.88 Å². The van der Waals surface area contributed by atoms with E-state index in [1.54, 1.807) is 22.3 Å². The van der Waals surface area contributed by atoms with Crippen LogP contribution < -0.4 is 0 Å². The third-order valence-electron chi connectivity index (χ3n) is 2.84. The molecule has 0 aliphatic carbocycles. The first-order chi connectivity index (χ1) is 8.86. The highest BCUT2D eigenvalue weighted by atomic mass is 32.1. The molecule has 2 aromatic rings. The molecular formula is C14H19N3OS. The summed E-state index contributed by atoms with van der Waals surface area (Å²) in [5, 5.41) is 4.18. The molecule has 0 aliphatic rings. The number of carbonyl (C=O) groups excluding carboxylic acids is 1. The maximum absolute atomic E-state index is 12.1. The maximum atomic E-state index is 12.1. The van der Waals surface area contributed by atoms with Crippen LogP contribution in [0.2, 0.25) is 0 Å². The standard InChI is InChI=1S/C14H19N3OS/c1-14(2,3)12-7-6-11(19-12)10(18)5-8-13-15-9-17(4)16-13/h6-7,9H,5,8H2,1-4H3. The van der Waals surface area contributed by atoms with Gasteiger partial charge in [-0.3, -0.25) is 9.48 Å². The number of Topliss-reactive ketones (excluding diaryl/α,β-unsaturated/α-hetero) is 1. The molecular weight excluding hydrogens is 258 g/mol. The number of aromatic nitrogens is 3. The Balaban J connectivity index is 1.98. The highest BCUT2D eigenvalue weighted by Crippen LogP contribution is 2.30. The van der Waals surface area contributed by atoms with E-state index in [-0.39, 0.29) is 11.2 Å². The third kappa shape index (κ3) is 3.50. The lowest BCUT2D eigenvalue weighted by molar-refractivity contribution is 0.0986. The van der Waals surface area contributed by atoms with Crippen LogP contribution in [0.25, 0.3) is 0 Å². The van der Waals surface area contributed by atoms with Gasteiger partial charge in [0.15, 0.2) is 11.6 Å². The molecule has 0 radical (unpaired) electrons. The van der Waals surface area contributed by atoms with Crippen molar-refractivity contribution in [3.8, 4) is 0 Å². The maximum Gasteiger partial charge on any atom is 0.173 e. The molecule has 0 amide bonds. The van der Waals surface area contributed by atoms with E-state index < -0.39 is 0 Å². The van der Waals surface area contributed by atoms with E-state index >= 15 is 0 Å². The number of hydrogen-bond donors (Lipinski definition) is 0. The fourth-order valence-corrected chi connectivity index (χ4v) is 2.77. The fourth-order valence-electron chi connectivity index (χ4n) is 1.74. The minimum absolute atomic E-state index is 0.103. The molecule has 0 aromatic carbocycles. The van der Waals surface area contributed by atoms with Gasteiger partial charge in [0, 0.05) is 24.8 Å². The summed E-state index contributed by atoms with van der Waals surface area (Å²) in [6, 6.07) is 3.98. The summed E-state index contributed by atoms with van der Waals surface area (Å²) in [6.45, 7) is 6.47. The van der Waals surface area contributed by atoms with Gasteiger partial charge in [0.25, 0.3) is 0 Å². The Morgan fingerprint density at radius 3 is 2.63 bits per heavy atom. The van der Waals surface area contributed by atoms with Gasteiger partial charge in [0.2, 0.25) is 0 Å². The highest BCUT2D eigenvalue weighted by molar-refractivity contribution is 7.14. The largest absolute Gasteiger partial charge is 0.293 e. The monoisotopic (exact) mass is 277 g/mol. The van der Waals surface area contributed by atoms with Gasteiger partial charge in [-0.1, -0.05) is 20.8 Å². The van der Waals surface area contributed by atoms with Crippen LogP contribution in [-0.2, 0) is 18.9 Å². The Kier molecular flexibility index (Phi) is 3.85. The number of hydrogen-bond acceptors (Lipinski definition) is 4. The molecule has 0 aliphatic heterocycles. The number of aryl methyl sites for hydroxylation is 2. The average Bonchev–Trinajstić information content (AvgIpc) is 2.93. The van der Waals surface area contributed by atoms with Crippen molar-refractivity contribution in [3.63, 3.8) is 0 Å². The van der Waals surface area contributed by atoms with Gasteiger partial charge in [-0.2, -0.15) is 5.10 Å². The van der Waals surface area contributed by atoms with Crippen LogP contribution in [0.15, 0.2) is 18.5 Å². The molecule has 0 saturated carbocycles. The van der Waals surface area contributed by atoms with Crippen molar-refractivity contribution in [1.82, 2.24) is 14.8 Å². The van der Waals surface area contributed by atoms with Crippen LogP contribution in [0.1, 0.15) is 47.6 Å². The molecule has 0 unspecified atom stereocenters. The van der Waals surface area contributed by atoms with Crippen molar-refractivity contribution in [2.75, 3.05) is 0 Å². The molecule has 0 N–H and O–H groups in total. The Labute approximate surface area is 117 Å². The zero-order valence-corrected chi connectivity index (χ0v) is 12.6. The van der Waals surface area contributed by atoms with E-state index in [4.69, 9.17) is 0 Å². The minimum Gasteiger partial charge on any atom is -0.293 e. The van der Waals surface area contributed by atoms with Crippen LogP contribution in [0, 0.1) is 0 Å². The van der Waals surface area contributed by atoms with Gasteiger partial charge in [-0.05, 0) is 17.5 Å². The first-order valence-corrected chi connectivity index (χ1v) is 7.16. The first kappa shape index (κ1) is 13.9. The molecule has 102 valence electrons. The topological polar surface area (TPSA) is 47.8 Å². The number of carbonyl (C=O) groups is 1. The number of rotatable bonds is 4. The molecule has 19 heavy (non-hydrogen) atoms. The molecule has 2 aromatic heterocycles. The zero-order chi connectivity index (χ0) is 14.0. The Hall–Kier alpha value is -1.49. The van der Waals surface area contributed by atoms with Crippen LogP contribution in [0.5, 0.6) is 0 Å². The second-order valence-electron chi connectivity index (χ2n) is 5.67. The molecule has 4 nitrogen and oxygen atoms in total. The lowest BCUT2D eigenvalue weighted by atomic mass is 9.95. The molecule has 2 heterocycles. The zero-order valence-electron chi connectivity index (χ0n) is 11.8. The van der Waals surface area contributed by atoms with Crippen LogP contribution >= 0.6 is 11.3 Å². The summed E-state index contributed by atoms with van der Waals surface area (Å²) in [5.74, 6) is 0.899. The third-order valence-corrected chi connectivity index (χ3v) is 4.39. The summed E-state index contributed by atoms with van der Waals surface area (Å²) in [5.41, 5.74) is 0.103. The van der Waals surface area contributed by atoms with Gasteiger partial charge in [-0.25, -0.2) is 4.98 Å². The SMILES string of the molecule is Cn1cnc(CCC(=O)c2ccc(C(C)(C)C)s2)n1. The van der Waals surface area contributed by atoms with E-state index in [0.717, 1.165) is 10.7 Å². The van der Waals surface area contributed by atoms with Gasteiger partial charge in [0.05, 0.1) is 4.88 Å². The second-order valence-corrected chi connectivity index (χ2v) is 6.76.